The quantitative estimate of drug-likeness (QED) is 0.818. The van der Waals surface area contributed by atoms with E-state index in [1.165, 1.54) is 5.56 Å². The van der Waals surface area contributed by atoms with Crippen molar-refractivity contribution in [1.82, 2.24) is 0 Å². The van der Waals surface area contributed by atoms with Gasteiger partial charge in [0.15, 0.2) is 0 Å². The minimum Gasteiger partial charge on any atom is -0.497 e. The van der Waals surface area contributed by atoms with Crippen molar-refractivity contribution in [3.05, 3.63) is 28.2 Å². The summed E-state index contributed by atoms with van der Waals surface area (Å²) in [6, 6.07) is 6.04. The van der Waals surface area contributed by atoms with Gasteiger partial charge in [-0.2, -0.15) is 12.6 Å². The predicted octanol–water partition coefficient (Wildman–Crippen LogP) is 3.32. The molecule has 3 heteroatoms. The van der Waals surface area contributed by atoms with Crippen LogP contribution >= 0.6 is 28.6 Å². The van der Waals surface area contributed by atoms with Crippen molar-refractivity contribution in [2.24, 2.45) is 0 Å². The summed E-state index contributed by atoms with van der Waals surface area (Å²) in [7, 11) is 1.69. The highest BCUT2D eigenvalue weighted by atomic mass is 79.9. The van der Waals surface area contributed by atoms with Crippen molar-refractivity contribution in [3.63, 3.8) is 0 Å². The summed E-state index contributed by atoms with van der Waals surface area (Å²) in [6.07, 6.45) is 2.14. The number of methoxy groups -OCH3 is 1. The molecule has 0 aliphatic heterocycles. The fourth-order valence-corrected chi connectivity index (χ4v) is 1.74. The molecule has 13 heavy (non-hydrogen) atoms. The second-order valence-electron chi connectivity index (χ2n) is 2.78. The third-order valence-corrected chi connectivity index (χ3v) is 2.95. The van der Waals surface area contributed by atoms with Crippen LogP contribution in [0.2, 0.25) is 0 Å². The van der Waals surface area contributed by atoms with Crippen molar-refractivity contribution < 1.29 is 4.74 Å². The summed E-state index contributed by atoms with van der Waals surface area (Å²) >= 11 is 7.70. The molecule has 0 saturated heterocycles. The van der Waals surface area contributed by atoms with Crippen molar-refractivity contribution in [2.75, 3.05) is 12.9 Å². The van der Waals surface area contributed by atoms with Crippen LogP contribution in [0, 0.1) is 0 Å². The summed E-state index contributed by atoms with van der Waals surface area (Å²) in [4.78, 5) is 0. The van der Waals surface area contributed by atoms with Crippen LogP contribution in [0.15, 0.2) is 22.7 Å². The Morgan fingerprint density at radius 1 is 1.46 bits per heavy atom. The zero-order chi connectivity index (χ0) is 9.68. The number of thiol groups is 1. The smallest absolute Gasteiger partial charge is 0.119 e. The fraction of sp³-hybridized carbons (Fsp3) is 0.400. The van der Waals surface area contributed by atoms with E-state index in [-0.39, 0.29) is 0 Å². The van der Waals surface area contributed by atoms with Crippen molar-refractivity contribution in [1.29, 1.82) is 0 Å². The molecule has 0 atom stereocenters. The highest BCUT2D eigenvalue weighted by Gasteiger charge is 2.00. The van der Waals surface area contributed by atoms with Crippen LogP contribution in [-0.2, 0) is 6.42 Å². The van der Waals surface area contributed by atoms with Gasteiger partial charge in [0.25, 0.3) is 0 Å². The molecule has 0 N–H and O–H groups in total. The van der Waals surface area contributed by atoms with E-state index in [9.17, 15) is 0 Å². The Morgan fingerprint density at radius 2 is 2.23 bits per heavy atom. The molecule has 0 aliphatic rings. The molecule has 0 bridgehead atoms. The number of aryl methyl sites for hydroxylation is 1. The van der Waals surface area contributed by atoms with E-state index in [4.69, 9.17) is 4.74 Å². The Bertz CT molecular complexity index is 276. The second-order valence-corrected chi connectivity index (χ2v) is 4.09. The van der Waals surface area contributed by atoms with Gasteiger partial charge >= 0.3 is 0 Å². The summed E-state index contributed by atoms with van der Waals surface area (Å²) < 4.78 is 6.30. The largest absolute Gasteiger partial charge is 0.497 e. The van der Waals surface area contributed by atoms with E-state index in [2.05, 4.69) is 34.6 Å². The molecular weight excluding hydrogens is 248 g/mol. The first kappa shape index (κ1) is 10.9. The topological polar surface area (TPSA) is 9.23 Å². The fourth-order valence-electron chi connectivity index (χ4n) is 1.14. The van der Waals surface area contributed by atoms with Gasteiger partial charge in [0.05, 0.1) is 7.11 Å². The highest BCUT2D eigenvalue weighted by Crippen LogP contribution is 2.23. The summed E-state index contributed by atoms with van der Waals surface area (Å²) in [5.41, 5.74) is 1.29. The Labute approximate surface area is 93.0 Å². The van der Waals surface area contributed by atoms with Crippen molar-refractivity contribution in [3.8, 4) is 5.75 Å². The van der Waals surface area contributed by atoms with Gasteiger partial charge in [-0.1, -0.05) is 15.9 Å². The Kier molecular flexibility index (Phi) is 4.67. The lowest BCUT2D eigenvalue weighted by Gasteiger charge is -2.06. The SMILES string of the molecule is COc1ccc(Br)c(CCCS)c1. The second kappa shape index (κ2) is 5.55. The molecule has 1 rings (SSSR count). The van der Waals surface area contributed by atoms with Gasteiger partial charge in [-0.15, -0.1) is 0 Å². The molecule has 1 aromatic rings. The van der Waals surface area contributed by atoms with Gasteiger partial charge in [0.2, 0.25) is 0 Å². The van der Waals surface area contributed by atoms with Crippen LogP contribution in [0.1, 0.15) is 12.0 Å². The zero-order valence-electron chi connectivity index (χ0n) is 7.59. The number of benzene rings is 1. The summed E-state index contributed by atoms with van der Waals surface area (Å²) in [5, 5.41) is 0. The Morgan fingerprint density at radius 3 is 2.85 bits per heavy atom. The van der Waals surface area contributed by atoms with E-state index >= 15 is 0 Å². The minimum absolute atomic E-state index is 0.914. The van der Waals surface area contributed by atoms with Gasteiger partial charge < -0.3 is 4.74 Å². The zero-order valence-corrected chi connectivity index (χ0v) is 10.1. The minimum atomic E-state index is 0.914. The lowest BCUT2D eigenvalue weighted by molar-refractivity contribution is 0.414. The monoisotopic (exact) mass is 260 g/mol. The number of hydrogen-bond donors (Lipinski definition) is 1. The molecule has 0 spiro atoms. The summed E-state index contributed by atoms with van der Waals surface area (Å²) in [5.74, 6) is 1.83. The maximum absolute atomic E-state index is 5.15. The van der Waals surface area contributed by atoms with E-state index in [0.717, 1.165) is 28.8 Å². The third kappa shape index (κ3) is 3.24. The standard InChI is InChI=1S/C10H13BrOS/c1-12-9-4-5-10(11)8(7-9)3-2-6-13/h4-5,7,13H,2-3,6H2,1H3. The Hall–Kier alpha value is -0.150. The first-order valence-electron chi connectivity index (χ1n) is 4.21. The van der Waals surface area contributed by atoms with Crippen LogP contribution in [-0.4, -0.2) is 12.9 Å². The van der Waals surface area contributed by atoms with Crippen LogP contribution in [0.25, 0.3) is 0 Å². The molecule has 1 nitrogen and oxygen atoms in total. The average molecular weight is 261 g/mol. The van der Waals surface area contributed by atoms with Gasteiger partial charge in [-0.05, 0) is 42.4 Å². The van der Waals surface area contributed by atoms with Gasteiger partial charge in [-0.25, -0.2) is 0 Å². The van der Waals surface area contributed by atoms with Crippen LogP contribution in [0.3, 0.4) is 0 Å². The number of halogens is 1. The average Bonchev–Trinajstić information content (AvgIpc) is 2.17. The van der Waals surface area contributed by atoms with Crippen molar-refractivity contribution in [2.45, 2.75) is 12.8 Å². The first-order valence-corrected chi connectivity index (χ1v) is 5.63. The van der Waals surface area contributed by atoms with Crippen molar-refractivity contribution >= 4 is 28.6 Å². The highest BCUT2D eigenvalue weighted by molar-refractivity contribution is 9.10. The number of rotatable bonds is 4. The molecule has 0 aliphatic carbocycles. The lowest BCUT2D eigenvalue weighted by atomic mass is 10.1. The number of hydrogen-bond acceptors (Lipinski definition) is 2. The molecule has 0 unspecified atom stereocenters. The van der Waals surface area contributed by atoms with Gasteiger partial charge in [0.1, 0.15) is 5.75 Å². The Balaban J connectivity index is 2.78. The summed E-state index contributed by atoms with van der Waals surface area (Å²) in [6.45, 7) is 0. The van der Waals surface area contributed by atoms with Gasteiger partial charge in [0, 0.05) is 4.47 Å². The maximum atomic E-state index is 5.15. The normalized spacial score (nSPS) is 10.1. The maximum Gasteiger partial charge on any atom is 0.119 e. The van der Waals surface area contributed by atoms with E-state index < -0.39 is 0 Å². The van der Waals surface area contributed by atoms with Crippen LogP contribution < -0.4 is 4.74 Å². The molecular formula is C10H13BrOS. The van der Waals surface area contributed by atoms with Crippen LogP contribution in [0.4, 0.5) is 0 Å². The van der Waals surface area contributed by atoms with E-state index in [1.807, 2.05) is 12.1 Å². The molecule has 0 saturated carbocycles. The van der Waals surface area contributed by atoms with Crippen LogP contribution in [0.5, 0.6) is 5.75 Å². The molecule has 0 radical (unpaired) electrons. The number of ether oxygens (including phenoxy) is 1. The molecule has 0 fully saturated rings. The molecule has 72 valence electrons. The van der Waals surface area contributed by atoms with Gasteiger partial charge in [-0.3, -0.25) is 0 Å². The van der Waals surface area contributed by atoms with E-state index in [0.29, 0.717) is 0 Å². The van der Waals surface area contributed by atoms with E-state index in [1.54, 1.807) is 7.11 Å². The molecule has 0 heterocycles. The lowest BCUT2D eigenvalue weighted by Crippen LogP contribution is -1.90. The molecule has 1 aromatic carbocycles. The predicted molar refractivity (Wildman–Crippen MR) is 62.9 cm³/mol. The molecule has 0 aromatic heterocycles. The first-order chi connectivity index (χ1) is 6.27. The third-order valence-electron chi connectivity index (χ3n) is 1.86. The molecule has 0 amide bonds.